The quantitative estimate of drug-likeness (QED) is 0.186. The van der Waals surface area contributed by atoms with E-state index in [9.17, 15) is 9.90 Å². The predicted molar refractivity (Wildman–Crippen MR) is 165 cm³/mol. The van der Waals surface area contributed by atoms with E-state index in [1.165, 1.54) is 0 Å². The van der Waals surface area contributed by atoms with Crippen molar-refractivity contribution >= 4 is 69.5 Å². The first-order valence-corrected chi connectivity index (χ1v) is 15.4. The molecule has 2 aliphatic rings. The van der Waals surface area contributed by atoms with Gasteiger partial charge >= 0.3 is 0 Å². The number of ketones is 1. The molecule has 0 aliphatic heterocycles. The first-order valence-electron chi connectivity index (χ1n) is 12.2. The Bertz CT molecular complexity index is 1420. The maximum absolute atomic E-state index is 12.2. The molecule has 37 heavy (non-hydrogen) atoms. The van der Waals surface area contributed by atoms with Crippen LogP contribution >= 0.6 is 63.7 Å². The molecule has 1 N–H and O–H groups in total. The van der Waals surface area contributed by atoms with Crippen molar-refractivity contribution in [3.8, 4) is 22.3 Å². The maximum atomic E-state index is 12.2. The molecule has 0 spiro atoms. The molecule has 4 aromatic rings. The van der Waals surface area contributed by atoms with Crippen LogP contribution in [0, 0.1) is 0 Å². The van der Waals surface area contributed by atoms with Gasteiger partial charge in [0.05, 0.1) is 0 Å². The number of unbranched alkanes of at least 4 members (excludes halogenated alkanes) is 2. The average molecular weight is 748 g/mol. The number of carbonyl (C=O) groups excluding carboxylic acids is 1. The number of benzene rings is 4. The first-order chi connectivity index (χ1) is 17.7. The van der Waals surface area contributed by atoms with Gasteiger partial charge in [0.25, 0.3) is 0 Å². The molecule has 0 heterocycles. The largest absolute Gasteiger partial charge is 0.380 e. The molecule has 0 radical (unpaired) electrons. The highest BCUT2D eigenvalue weighted by Crippen LogP contribution is 2.51. The zero-order chi connectivity index (χ0) is 26.3. The van der Waals surface area contributed by atoms with Gasteiger partial charge in [0.1, 0.15) is 5.60 Å². The molecule has 0 unspecified atom stereocenters. The molecular weight excluding hydrogens is 724 g/mol. The molecule has 0 aromatic heterocycles. The van der Waals surface area contributed by atoms with Gasteiger partial charge < -0.3 is 5.11 Å². The highest BCUT2D eigenvalue weighted by molar-refractivity contribution is 9.11. The molecule has 6 rings (SSSR count). The van der Waals surface area contributed by atoms with Gasteiger partial charge in [-0.1, -0.05) is 108 Å². The van der Waals surface area contributed by atoms with E-state index in [-0.39, 0.29) is 5.78 Å². The highest BCUT2D eigenvalue weighted by Gasteiger charge is 2.41. The van der Waals surface area contributed by atoms with E-state index in [1.54, 1.807) is 0 Å². The lowest BCUT2D eigenvalue weighted by Gasteiger charge is -2.26. The summed E-state index contributed by atoms with van der Waals surface area (Å²) in [7, 11) is 0. The van der Waals surface area contributed by atoms with Crippen molar-refractivity contribution < 1.29 is 9.90 Å². The second-order valence-corrected chi connectivity index (χ2v) is 13.1. The van der Waals surface area contributed by atoms with Crippen LogP contribution in [0.3, 0.4) is 0 Å². The maximum Gasteiger partial charge on any atom is 0.194 e. The third-order valence-corrected chi connectivity index (χ3v) is 9.00. The second-order valence-electron chi connectivity index (χ2n) is 9.41. The van der Waals surface area contributed by atoms with Crippen LogP contribution in [0.4, 0.5) is 0 Å². The monoisotopic (exact) mass is 744 g/mol. The van der Waals surface area contributed by atoms with Gasteiger partial charge in [-0.15, -0.1) is 0 Å². The summed E-state index contributed by atoms with van der Waals surface area (Å²) in [6.07, 6.45) is 4.11. The van der Waals surface area contributed by atoms with Gasteiger partial charge in [-0.05, 0) is 94.8 Å². The fraction of sp³-hybridized carbons (Fsp3) is 0.194. The lowest BCUT2D eigenvalue weighted by Crippen LogP contribution is -2.24. The summed E-state index contributed by atoms with van der Waals surface area (Å²) in [5.74, 6) is 0.104. The predicted octanol–water partition coefficient (Wildman–Crippen LogP) is 10.4. The van der Waals surface area contributed by atoms with Crippen molar-refractivity contribution in [2.75, 3.05) is 0 Å². The number of carbonyl (C=O) groups is 1. The summed E-state index contributed by atoms with van der Waals surface area (Å²) >= 11 is 13.9. The molecule has 2 aliphatic carbocycles. The van der Waals surface area contributed by atoms with Crippen molar-refractivity contribution in [2.45, 2.75) is 38.2 Å². The summed E-state index contributed by atoms with van der Waals surface area (Å²) in [5.41, 5.74) is 7.10. The summed E-state index contributed by atoms with van der Waals surface area (Å²) < 4.78 is 3.90. The number of halogens is 4. The molecular formula is C31H24Br4O2. The Kier molecular flexibility index (Phi) is 7.95. The summed E-state index contributed by atoms with van der Waals surface area (Å²) in [5, 5.41) is 11.4. The Morgan fingerprint density at radius 1 is 0.595 bits per heavy atom. The minimum atomic E-state index is -0.868. The van der Waals surface area contributed by atoms with Crippen LogP contribution in [0.5, 0.6) is 0 Å². The topological polar surface area (TPSA) is 37.3 Å². The number of hydrogen-bond acceptors (Lipinski definition) is 2. The second kappa shape index (κ2) is 10.9. The third-order valence-electron chi connectivity index (χ3n) is 7.03. The Labute approximate surface area is 251 Å². The van der Waals surface area contributed by atoms with E-state index in [0.717, 1.165) is 88.1 Å². The van der Waals surface area contributed by atoms with E-state index in [2.05, 4.69) is 94.9 Å². The van der Waals surface area contributed by atoms with E-state index in [4.69, 9.17) is 0 Å². The Morgan fingerprint density at radius 3 is 1.43 bits per heavy atom. The van der Waals surface area contributed by atoms with E-state index in [1.807, 2.05) is 48.5 Å². The molecule has 0 fully saturated rings. The van der Waals surface area contributed by atoms with E-state index >= 15 is 0 Å². The lowest BCUT2D eigenvalue weighted by molar-refractivity contribution is 0.0726. The van der Waals surface area contributed by atoms with E-state index in [0.29, 0.717) is 0 Å². The normalized spacial score (nSPS) is 13.8. The van der Waals surface area contributed by atoms with Crippen LogP contribution in [0.15, 0.2) is 90.7 Å². The zero-order valence-corrected chi connectivity index (χ0v) is 26.5. The fourth-order valence-corrected chi connectivity index (χ4v) is 6.70. The molecule has 6 heteroatoms. The minimum absolute atomic E-state index is 0.104. The van der Waals surface area contributed by atoms with Crippen molar-refractivity contribution in [3.05, 3.63) is 113 Å². The number of aliphatic hydroxyl groups is 1. The molecule has 0 saturated heterocycles. The summed E-state index contributed by atoms with van der Waals surface area (Å²) in [6.45, 7) is 2.19. The smallest absolute Gasteiger partial charge is 0.194 e. The van der Waals surface area contributed by atoms with Crippen LogP contribution < -0.4 is 0 Å². The van der Waals surface area contributed by atoms with Crippen molar-refractivity contribution in [3.63, 3.8) is 0 Å². The average Bonchev–Trinajstić information content (AvgIpc) is 3.27. The Morgan fingerprint density at radius 2 is 1.00 bits per heavy atom. The van der Waals surface area contributed by atoms with Crippen molar-refractivity contribution in [1.29, 1.82) is 0 Å². The van der Waals surface area contributed by atoms with Crippen LogP contribution in [0.2, 0.25) is 0 Å². The van der Waals surface area contributed by atoms with Crippen molar-refractivity contribution in [1.82, 2.24) is 0 Å². The molecule has 188 valence electrons. The zero-order valence-electron chi connectivity index (χ0n) is 20.1. The first kappa shape index (κ1) is 27.0. The SMILES string of the molecule is CCCCCC1(O)c2cc(Br)ccc2-c2ccc(Br)cc21.O=C1c2cc(Br)ccc2-c2ccc(Br)cc21. The molecule has 0 saturated carbocycles. The number of hydrogen-bond donors (Lipinski definition) is 1. The summed E-state index contributed by atoms with van der Waals surface area (Å²) in [4.78, 5) is 12.2. The molecule has 0 atom stereocenters. The van der Waals surface area contributed by atoms with Gasteiger partial charge in [0.15, 0.2) is 5.78 Å². The minimum Gasteiger partial charge on any atom is -0.380 e. The van der Waals surface area contributed by atoms with Crippen LogP contribution in [0.25, 0.3) is 22.3 Å². The molecule has 4 aromatic carbocycles. The molecule has 0 bridgehead atoms. The van der Waals surface area contributed by atoms with E-state index < -0.39 is 5.60 Å². The van der Waals surface area contributed by atoms with Gasteiger partial charge in [0, 0.05) is 29.0 Å². The fourth-order valence-electron chi connectivity index (χ4n) is 5.26. The highest BCUT2D eigenvalue weighted by atomic mass is 79.9. The Hall–Kier alpha value is -1.57. The van der Waals surface area contributed by atoms with Crippen molar-refractivity contribution in [2.24, 2.45) is 0 Å². The Balaban J connectivity index is 0.000000157. The van der Waals surface area contributed by atoms with Gasteiger partial charge in [-0.2, -0.15) is 0 Å². The van der Waals surface area contributed by atoms with Gasteiger partial charge in [-0.3, -0.25) is 4.79 Å². The summed E-state index contributed by atoms with van der Waals surface area (Å²) in [6, 6.07) is 24.1. The van der Waals surface area contributed by atoms with Crippen LogP contribution in [-0.2, 0) is 5.60 Å². The molecule has 2 nitrogen and oxygen atoms in total. The number of fused-ring (bicyclic) bond motifs is 6. The van der Waals surface area contributed by atoms with Gasteiger partial charge in [0.2, 0.25) is 0 Å². The molecule has 0 amide bonds. The third kappa shape index (κ3) is 5.08. The van der Waals surface area contributed by atoms with Crippen LogP contribution in [-0.4, -0.2) is 10.9 Å². The number of rotatable bonds is 4. The van der Waals surface area contributed by atoms with Gasteiger partial charge in [-0.25, -0.2) is 0 Å². The van der Waals surface area contributed by atoms with Crippen LogP contribution in [0.1, 0.15) is 59.7 Å². The lowest BCUT2D eigenvalue weighted by atomic mass is 9.86. The standard InChI is InChI=1S/C18H18Br2O.C13H6Br2O/c1-2-3-4-9-18(21)16-10-12(19)5-7-14(16)15-8-6-13(20)11-17(15)18;14-7-1-3-9-10-4-2-8(15)6-12(10)13(16)11(9)5-7/h5-8,10-11,21H,2-4,9H2,1H3;1-6H.